The second kappa shape index (κ2) is 23.2. The lowest BCUT2D eigenvalue weighted by Gasteiger charge is -2.45. The molecule has 0 amide bonds. The number of benzene rings is 3. The van der Waals surface area contributed by atoms with Crippen LogP contribution in [0.2, 0.25) is 0 Å². The first kappa shape index (κ1) is 54.7. The van der Waals surface area contributed by atoms with Crippen molar-refractivity contribution in [3.8, 4) is 34.5 Å². The first-order chi connectivity index (χ1) is 35.3. The average Bonchev–Trinajstić information content (AvgIpc) is 3.38. The first-order valence-corrected chi connectivity index (χ1v) is 23.0. The van der Waals surface area contributed by atoms with Gasteiger partial charge in [-0.3, -0.25) is 0 Å². The third kappa shape index (κ3) is 11.6. The Morgan fingerprint density at radius 3 is 1.86 bits per heavy atom. The van der Waals surface area contributed by atoms with Gasteiger partial charge in [-0.15, -0.1) is 0 Å². The van der Waals surface area contributed by atoms with E-state index >= 15 is 0 Å². The summed E-state index contributed by atoms with van der Waals surface area (Å²) in [5, 5.41) is 167. The van der Waals surface area contributed by atoms with E-state index in [-0.39, 0.29) is 34.1 Å². The van der Waals surface area contributed by atoms with Crippen LogP contribution < -0.4 is 9.47 Å². The summed E-state index contributed by atoms with van der Waals surface area (Å²) in [5.74, 6) is -2.96. The van der Waals surface area contributed by atoms with E-state index < -0.39 is 172 Å². The molecule has 0 spiro atoms. The number of esters is 1. The van der Waals surface area contributed by atoms with Crippen LogP contribution in [0.4, 0.5) is 0 Å². The van der Waals surface area contributed by atoms with Gasteiger partial charge in [0.15, 0.2) is 29.7 Å². The number of aliphatic hydroxyl groups excluding tert-OH is 13. The fraction of sp³-hybridized carbons (Fsp3) is 0.511. The van der Waals surface area contributed by atoms with Crippen LogP contribution in [-0.2, 0) is 38.0 Å². The molecule has 0 aliphatic carbocycles. The van der Waals surface area contributed by atoms with Gasteiger partial charge in [0.25, 0.3) is 11.9 Å². The molecule has 20 atom stereocenters. The number of aromatic hydroxyl groups is 4. The van der Waals surface area contributed by atoms with E-state index in [4.69, 9.17) is 42.6 Å². The Hall–Kier alpha value is -5.51. The Labute approximate surface area is 418 Å². The largest absolute Gasteiger partial charge is 0.571 e. The van der Waals surface area contributed by atoms with Crippen molar-refractivity contribution in [3.05, 3.63) is 83.1 Å². The number of fused-ring (bicyclic) bond motifs is 1. The molecular formula is C47H57O27+. The molecule has 406 valence electrons. The van der Waals surface area contributed by atoms with Crippen LogP contribution in [0.15, 0.2) is 66.4 Å². The van der Waals surface area contributed by atoms with Crippen LogP contribution >= 0.6 is 0 Å². The quantitative estimate of drug-likeness (QED) is 0.0293. The molecule has 0 radical (unpaired) electrons. The molecular weight excluding hydrogens is 996 g/mol. The van der Waals surface area contributed by atoms with Gasteiger partial charge in [-0.25, -0.2) is 4.79 Å². The number of phenolic OH excluding ortho intramolecular Hbond substituents is 3. The molecule has 0 saturated carbocycles. The van der Waals surface area contributed by atoms with Gasteiger partial charge in [-0.1, -0.05) is 12.1 Å². The number of rotatable bonds is 15. The minimum Gasteiger partial charge on any atom is -0.571 e. The Bertz CT molecular complexity index is 2450. The molecule has 17 N–H and O–H groups in total. The SMILES string of the molecule is O=C(/C=C/c1ccc(O[C@@H]2O[C@H](CO)[C@@H](O)[C@@H](O)[C@@H]2O)cc1)OC[C@H]1O[C@@H](OC2=Cc3c(O[C@@H]4O[C@H](CO)[C@@H](O)[C@@H](O)[C@@H]4O)cc(O)cc3[OH+]C2c2ccc(O)c(O)c2)[C@@H](O[C@@H]2OC[C@H](O)[C@H](O)[C@@H]2O)[C@@H](O)[C@@H]1O. The summed E-state index contributed by atoms with van der Waals surface area (Å²) >= 11 is 0. The molecule has 5 heterocycles. The molecule has 27 nitrogen and oxygen atoms in total. The van der Waals surface area contributed by atoms with E-state index in [1.165, 1.54) is 48.6 Å². The number of carbonyl (C=O) groups is 1. The van der Waals surface area contributed by atoms with Gasteiger partial charge in [0.1, 0.15) is 115 Å². The standard InChI is InChI=1S/C47H56O27/c48-13-28-33(56)36(59)40(63)45(71-28)67-20-5-1-17(2-6-20)3-8-31(54)65-16-30-35(58)38(61)43(74-44-39(62)32(55)24(53)15-66-44)47(73-30)70-27-12-21-25(68-42(27)18-4-7-22(51)23(52)9-18)10-19(50)11-26(21)69-46-41(64)37(60)34(57)29(14-49)72-46/h1-12,24,28-30,32-53,55-64H,13-16H2/p+1/b8-3+/t24-,28+,29+,30+,32-,33+,34+,35+,36+,37+,38-,39-,40-,41-,42?,43-,44-,45+,46+,47+/m0/s1. The molecule has 4 fully saturated rings. The molecule has 1 unspecified atom stereocenters. The van der Waals surface area contributed by atoms with Crippen molar-refractivity contribution in [2.24, 2.45) is 0 Å². The second-order valence-electron chi connectivity index (χ2n) is 17.9. The van der Waals surface area contributed by atoms with E-state index in [9.17, 15) is 86.5 Å². The Kier molecular flexibility index (Phi) is 17.1. The minimum atomic E-state index is -2.04. The second-order valence-corrected chi connectivity index (χ2v) is 17.9. The van der Waals surface area contributed by atoms with E-state index in [0.717, 1.165) is 24.3 Å². The summed E-state index contributed by atoms with van der Waals surface area (Å²) < 4.78 is 56.2. The van der Waals surface area contributed by atoms with Crippen molar-refractivity contribution in [3.63, 3.8) is 0 Å². The minimum absolute atomic E-state index is 0.0146. The monoisotopic (exact) mass is 1050 g/mol. The summed E-state index contributed by atoms with van der Waals surface area (Å²) in [4.78, 5) is 13.1. The zero-order valence-corrected chi connectivity index (χ0v) is 38.5. The van der Waals surface area contributed by atoms with Crippen molar-refractivity contribution in [1.82, 2.24) is 0 Å². The number of carbonyl (C=O) groups excluding carboxylic acids is 1. The summed E-state index contributed by atoms with van der Waals surface area (Å²) in [6.45, 7) is -2.77. The molecule has 5 aliphatic heterocycles. The smallest absolute Gasteiger partial charge is 0.330 e. The summed E-state index contributed by atoms with van der Waals surface area (Å²) in [5.41, 5.74) is 0.535. The summed E-state index contributed by atoms with van der Waals surface area (Å²) in [6.07, 6.45) is -30.4. The third-order valence-electron chi connectivity index (χ3n) is 12.8. The van der Waals surface area contributed by atoms with Crippen LogP contribution in [-0.4, -0.2) is 236 Å². The molecule has 27 heteroatoms. The molecule has 0 bridgehead atoms. The highest BCUT2D eigenvalue weighted by Gasteiger charge is 2.52. The predicted octanol–water partition coefficient (Wildman–Crippen LogP) is -4.96. The van der Waals surface area contributed by atoms with Crippen LogP contribution in [0.1, 0.15) is 22.8 Å². The predicted molar refractivity (Wildman–Crippen MR) is 240 cm³/mol. The van der Waals surface area contributed by atoms with Gasteiger partial charge in [0, 0.05) is 18.2 Å². The van der Waals surface area contributed by atoms with Gasteiger partial charge in [0.2, 0.25) is 18.9 Å². The van der Waals surface area contributed by atoms with Gasteiger partial charge in [0.05, 0.1) is 31.5 Å². The third-order valence-corrected chi connectivity index (χ3v) is 12.8. The van der Waals surface area contributed by atoms with E-state index in [1.54, 1.807) is 0 Å². The van der Waals surface area contributed by atoms with Crippen molar-refractivity contribution >= 4 is 18.1 Å². The number of ether oxygens (including phenoxy) is 10. The Morgan fingerprint density at radius 1 is 0.622 bits per heavy atom. The van der Waals surface area contributed by atoms with E-state index in [2.05, 4.69) is 4.74 Å². The van der Waals surface area contributed by atoms with Crippen molar-refractivity contribution < 1.29 is 134 Å². The maximum atomic E-state index is 13.1. The molecule has 5 aliphatic rings. The van der Waals surface area contributed by atoms with Gasteiger partial charge >= 0.3 is 5.97 Å². The van der Waals surface area contributed by atoms with Crippen LogP contribution in [0.25, 0.3) is 12.2 Å². The molecule has 0 aromatic heterocycles. The molecule has 8 rings (SSSR count). The zero-order chi connectivity index (χ0) is 53.3. The Balaban J connectivity index is 1.05. The number of phenols is 3. The lowest BCUT2D eigenvalue weighted by molar-refractivity contribution is -0.353. The zero-order valence-electron chi connectivity index (χ0n) is 38.5. The Morgan fingerprint density at radius 2 is 1.23 bits per heavy atom. The lowest BCUT2D eigenvalue weighted by atomic mass is 9.97. The van der Waals surface area contributed by atoms with Crippen molar-refractivity contribution in [1.29, 1.82) is 0 Å². The molecule has 4 saturated heterocycles. The number of aliphatic hydroxyl groups is 14. The maximum Gasteiger partial charge on any atom is 0.330 e. The van der Waals surface area contributed by atoms with Gasteiger partial charge in [-0.2, -0.15) is 0 Å². The van der Waals surface area contributed by atoms with Crippen LogP contribution in [0.5, 0.6) is 34.5 Å². The van der Waals surface area contributed by atoms with Crippen LogP contribution in [0, 0.1) is 0 Å². The fourth-order valence-electron chi connectivity index (χ4n) is 8.51. The maximum absolute atomic E-state index is 13.1. The molecule has 3 aromatic rings. The summed E-state index contributed by atoms with van der Waals surface area (Å²) in [7, 11) is 0. The highest BCUT2D eigenvalue weighted by atomic mass is 16.8. The van der Waals surface area contributed by atoms with Crippen LogP contribution in [0.3, 0.4) is 0 Å². The van der Waals surface area contributed by atoms with Crippen molar-refractivity contribution in [2.75, 3.05) is 26.4 Å². The van der Waals surface area contributed by atoms with E-state index in [0.29, 0.717) is 5.56 Å². The van der Waals surface area contributed by atoms with E-state index in [1.807, 2.05) is 0 Å². The highest BCUT2D eigenvalue weighted by Crippen LogP contribution is 2.47. The van der Waals surface area contributed by atoms with Crippen molar-refractivity contribution in [2.45, 2.75) is 123 Å². The topological polar surface area (TPSA) is 437 Å². The molecule has 74 heavy (non-hydrogen) atoms. The number of hydrogen-bond donors (Lipinski definition) is 16. The average molecular weight is 1050 g/mol. The first-order valence-electron chi connectivity index (χ1n) is 23.0. The van der Waals surface area contributed by atoms with Gasteiger partial charge < -0.3 is 129 Å². The molecule has 3 aromatic carbocycles. The highest BCUT2D eigenvalue weighted by molar-refractivity contribution is 5.87. The van der Waals surface area contributed by atoms with Gasteiger partial charge in [-0.05, 0) is 42.0 Å². The fourth-order valence-corrected chi connectivity index (χ4v) is 8.51. The summed E-state index contributed by atoms with van der Waals surface area (Å²) in [6, 6.07) is 11.7. The number of hydrogen-bond acceptors (Lipinski definition) is 26. The normalized spacial score (nSPS) is 37.3. The lowest BCUT2D eigenvalue weighted by Crippen LogP contribution is -2.63.